The van der Waals surface area contributed by atoms with Gasteiger partial charge in [-0.05, 0) is 6.42 Å². The first-order valence-electron chi connectivity index (χ1n) is 5.52. The van der Waals surface area contributed by atoms with E-state index in [0.29, 0.717) is 0 Å². The third kappa shape index (κ3) is 2.82. The van der Waals surface area contributed by atoms with Gasteiger partial charge in [-0.15, -0.1) is 11.3 Å². The predicted octanol–water partition coefficient (Wildman–Crippen LogP) is 2.75. The van der Waals surface area contributed by atoms with Crippen molar-refractivity contribution in [3.8, 4) is 0 Å². The number of anilines is 1. The van der Waals surface area contributed by atoms with E-state index in [1.54, 1.807) is 11.3 Å². The van der Waals surface area contributed by atoms with Gasteiger partial charge in [0, 0.05) is 24.3 Å². The Kier molecular flexibility index (Phi) is 3.93. The molecule has 0 saturated heterocycles. The maximum absolute atomic E-state index is 4.30. The first-order valence-corrected chi connectivity index (χ1v) is 6.46. The minimum atomic E-state index is 0.743. The second kappa shape index (κ2) is 5.65. The van der Waals surface area contributed by atoms with Gasteiger partial charge in [0.15, 0.2) is 0 Å². The Balaban J connectivity index is 1.91. The van der Waals surface area contributed by atoms with E-state index in [4.69, 9.17) is 0 Å². The van der Waals surface area contributed by atoms with Gasteiger partial charge in [-0.1, -0.05) is 13.3 Å². The lowest BCUT2D eigenvalue weighted by Gasteiger charge is -2.07. The van der Waals surface area contributed by atoms with Crippen molar-refractivity contribution < 1.29 is 0 Å². The van der Waals surface area contributed by atoms with Gasteiger partial charge < -0.3 is 9.88 Å². The minimum absolute atomic E-state index is 0.743. The highest BCUT2D eigenvalue weighted by Gasteiger charge is 2.02. The van der Waals surface area contributed by atoms with E-state index in [0.717, 1.165) is 24.7 Å². The summed E-state index contributed by atoms with van der Waals surface area (Å²) in [5.41, 5.74) is 2.91. The van der Waals surface area contributed by atoms with Crippen LogP contribution in [0.25, 0.3) is 0 Å². The fourth-order valence-electron chi connectivity index (χ4n) is 1.48. The second-order valence-corrected chi connectivity index (χ2v) is 4.35. The Morgan fingerprint density at radius 3 is 3.12 bits per heavy atom. The van der Waals surface area contributed by atoms with Crippen LogP contribution >= 0.6 is 11.3 Å². The number of nitrogens with one attached hydrogen (secondary N) is 1. The molecule has 0 atom stereocenters. The summed E-state index contributed by atoms with van der Waals surface area (Å²) in [4.78, 5) is 8.52. The molecule has 0 unspecified atom stereocenters. The Morgan fingerprint density at radius 1 is 1.44 bits per heavy atom. The van der Waals surface area contributed by atoms with E-state index in [1.807, 2.05) is 23.3 Å². The molecule has 4 nitrogen and oxygen atoms in total. The van der Waals surface area contributed by atoms with Gasteiger partial charge in [-0.2, -0.15) is 0 Å². The summed E-state index contributed by atoms with van der Waals surface area (Å²) in [5.74, 6) is 0.932. The lowest BCUT2D eigenvalue weighted by atomic mass is 10.3. The lowest BCUT2D eigenvalue weighted by molar-refractivity contribution is 0.635. The molecule has 2 heterocycles. The van der Waals surface area contributed by atoms with Crippen LogP contribution in [0.2, 0.25) is 0 Å². The standard InChI is InChI=1S/C11H16N4S/c1-2-3-5-15-6-4-12-11(15)13-7-10-8-16-9-14-10/h4,6,8-9H,2-3,5,7H2,1H3,(H,12,13). The quantitative estimate of drug-likeness (QED) is 0.838. The molecule has 0 amide bonds. The fraction of sp³-hybridized carbons (Fsp3) is 0.455. The van der Waals surface area contributed by atoms with Crippen molar-refractivity contribution in [3.63, 3.8) is 0 Å². The molecule has 86 valence electrons. The largest absolute Gasteiger partial charge is 0.350 e. The van der Waals surface area contributed by atoms with Crippen molar-refractivity contribution >= 4 is 17.3 Å². The summed E-state index contributed by atoms with van der Waals surface area (Å²) in [6.45, 7) is 3.96. The zero-order valence-electron chi connectivity index (χ0n) is 9.39. The number of thiazole rings is 1. The van der Waals surface area contributed by atoms with Gasteiger partial charge in [-0.3, -0.25) is 0 Å². The Hall–Kier alpha value is -1.36. The summed E-state index contributed by atoms with van der Waals surface area (Å²) in [5, 5.41) is 5.35. The van der Waals surface area contributed by atoms with Gasteiger partial charge in [0.2, 0.25) is 5.95 Å². The summed E-state index contributed by atoms with van der Waals surface area (Å²) in [6, 6.07) is 0. The van der Waals surface area contributed by atoms with Crippen molar-refractivity contribution in [2.75, 3.05) is 5.32 Å². The number of unbranched alkanes of at least 4 members (excludes halogenated alkanes) is 1. The zero-order valence-corrected chi connectivity index (χ0v) is 10.2. The predicted molar refractivity (Wildman–Crippen MR) is 66.6 cm³/mol. The van der Waals surface area contributed by atoms with Gasteiger partial charge in [0.1, 0.15) is 0 Å². The summed E-state index contributed by atoms with van der Waals surface area (Å²) in [6.07, 6.45) is 6.23. The molecule has 2 aromatic heterocycles. The first kappa shape index (κ1) is 11.1. The van der Waals surface area contributed by atoms with Crippen LogP contribution in [-0.4, -0.2) is 14.5 Å². The third-order valence-corrected chi connectivity index (χ3v) is 3.01. The summed E-state index contributed by atoms with van der Waals surface area (Å²) < 4.78 is 2.15. The summed E-state index contributed by atoms with van der Waals surface area (Å²) >= 11 is 1.62. The topological polar surface area (TPSA) is 42.7 Å². The van der Waals surface area contributed by atoms with Crippen LogP contribution in [0.1, 0.15) is 25.5 Å². The van der Waals surface area contributed by atoms with Crippen LogP contribution in [0.4, 0.5) is 5.95 Å². The van der Waals surface area contributed by atoms with E-state index in [1.165, 1.54) is 12.8 Å². The highest BCUT2D eigenvalue weighted by molar-refractivity contribution is 7.07. The van der Waals surface area contributed by atoms with Crippen LogP contribution in [0.5, 0.6) is 0 Å². The number of aryl methyl sites for hydroxylation is 1. The second-order valence-electron chi connectivity index (χ2n) is 3.63. The SMILES string of the molecule is CCCCn1ccnc1NCc1cscn1. The minimum Gasteiger partial charge on any atom is -0.350 e. The molecule has 0 spiro atoms. The molecule has 0 aliphatic rings. The molecule has 2 rings (SSSR count). The number of aromatic nitrogens is 3. The molecular weight excluding hydrogens is 220 g/mol. The van der Waals surface area contributed by atoms with E-state index >= 15 is 0 Å². The molecule has 0 bridgehead atoms. The van der Waals surface area contributed by atoms with Crippen molar-refractivity contribution in [1.29, 1.82) is 0 Å². The number of nitrogens with zero attached hydrogens (tertiary/aromatic N) is 3. The molecule has 0 fully saturated rings. The number of hydrogen-bond acceptors (Lipinski definition) is 4. The molecule has 0 aliphatic carbocycles. The van der Waals surface area contributed by atoms with Gasteiger partial charge in [-0.25, -0.2) is 9.97 Å². The van der Waals surface area contributed by atoms with Crippen LogP contribution < -0.4 is 5.32 Å². The Labute approximate surface area is 99.4 Å². The van der Waals surface area contributed by atoms with Crippen molar-refractivity contribution in [2.24, 2.45) is 0 Å². The van der Waals surface area contributed by atoms with Crippen molar-refractivity contribution in [3.05, 3.63) is 29.0 Å². The third-order valence-electron chi connectivity index (χ3n) is 2.38. The van der Waals surface area contributed by atoms with E-state index in [9.17, 15) is 0 Å². The number of imidazole rings is 1. The molecule has 2 aromatic rings. The van der Waals surface area contributed by atoms with Gasteiger partial charge in [0.25, 0.3) is 0 Å². The Morgan fingerprint density at radius 2 is 2.38 bits per heavy atom. The average molecular weight is 236 g/mol. The van der Waals surface area contributed by atoms with Crippen LogP contribution in [0.3, 0.4) is 0 Å². The maximum Gasteiger partial charge on any atom is 0.203 e. The van der Waals surface area contributed by atoms with Gasteiger partial charge in [0.05, 0.1) is 17.7 Å². The molecule has 16 heavy (non-hydrogen) atoms. The first-order chi connectivity index (χ1) is 7.90. The average Bonchev–Trinajstić information content (AvgIpc) is 2.94. The zero-order chi connectivity index (χ0) is 11.2. The molecule has 5 heteroatoms. The van der Waals surface area contributed by atoms with Crippen LogP contribution in [0.15, 0.2) is 23.3 Å². The molecule has 0 saturated carbocycles. The molecule has 1 N–H and O–H groups in total. The van der Waals surface area contributed by atoms with Gasteiger partial charge >= 0.3 is 0 Å². The molecule has 0 aromatic carbocycles. The summed E-state index contributed by atoms with van der Waals surface area (Å²) in [7, 11) is 0. The van der Waals surface area contributed by atoms with Crippen molar-refractivity contribution in [1.82, 2.24) is 14.5 Å². The highest BCUT2D eigenvalue weighted by atomic mass is 32.1. The maximum atomic E-state index is 4.30. The normalized spacial score (nSPS) is 10.6. The highest BCUT2D eigenvalue weighted by Crippen LogP contribution is 2.09. The Bertz CT molecular complexity index is 407. The van der Waals surface area contributed by atoms with E-state index < -0.39 is 0 Å². The lowest BCUT2D eigenvalue weighted by Crippen LogP contribution is -2.07. The smallest absolute Gasteiger partial charge is 0.203 e. The van der Waals surface area contributed by atoms with E-state index in [-0.39, 0.29) is 0 Å². The molecule has 0 aliphatic heterocycles. The fourth-order valence-corrected chi connectivity index (χ4v) is 2.04. The monoisotopic (exact) mass is 236 g/mol. The van der Waals surface area contributed by atoms with Crippen molar-refractivity contribution in [2.45, 2.75) is 32.9 Å². The molecular formula is C11H16N4S. The van der Waals surface area contributed by atoms with E-state index in [2.05, 4.69) is 26.8 Å². The number of rotatable bonds is 6. The van der Waals surface area contributed by atoms with Crippen LogP contribution in [-0.2, 0) is 13.1 Å². The van der Waals surface area contributed by atoms with Crippen LogP contribution in [0, 0.1) is 0 Å². The molecule has 0 radical (unpaired) electrons. The number of hydrogen-bond donors (Lipinski definition) is 1.